The molecule has 12 heavy (non-hydrogen) atoms. The molecular weight excluding hydrogens is 146 g/mol. The van der Waals surface area contributed by atoms with E-state index in [9.17, 15) is 0 Å². The second-order valence-electron chi connectivity index (χ2n) is 3.88. The Labute approximate surface area is 76.8 Å². The number of unbranched alkanes of at least 4 members (excludes halogenated alkanes) is 2. The fourth-order valence-corrected chi connectivity index (χ4v) is 1.55. The lowest BCUT2D eigenvalue weighted by Crippen LogP contribution is -2.12. The third kappa shape index (κ3) is 4.38. The average Bonchev–Trinajstić information content (AvgIpc) is 2.06. The molecule has 1 nitrogen and oxygen atoms in total. The molecule has 0 aliphatic rings. The highest BCUT2D eigenvalue weighted by atomic mass is 14.3. The Morgan fingerprint density at radius 2 is 1.75 bits per heavy atom. The first-order valence-electron chi connectivity index (χ1n) is 5.09. The van der Waals surface area contributed by atoms with E-state index in [2.05, 4.69) is 26.8 Å². The summed E-state index contributed by atoms with van der Waals surface area (Å²) >= 11 is 0. The number of nitriles is 1. The summed E-state index contributed by atoms with van der Waals surface area (Å²) in [5.41, 5.74) is -0.0517. The molecule has 0 heterocycles. The number of hydrogen-bond donors (Lipinski definition) is 0. The van der Waals surface area contributed by atoms with Gasteiger partial charge in [-0.25, -0.2) is 0 Å². The lowest BCUT2D eigenvalue weighted by atomic mass is 9.82. The maximum Gasteiger partial charge on any atom is 0.0686 e. The van der Waals surface area contributed by atoms with Gasteiger partial charge in [-0.3, -0.25) is 0 Å². The first kappa shape index (κ1) is 11.5. The first-order chi connectivity index (χ1) is 5.68. The smallest absolute Gasteiger partial charge is 0.0686 e. The van der Waals surface area contributed by atoms with Crippen LogP contribution in [0.15, 0.2) is 0 Å². The number of nitrogens with zero attached hydrogens (tertiary/aromatic N) is 1. The minimum atomic E-state index is -0.0517. The van der Waals surface area contributed by atoms with E-state index >= 15 is 0 Å². The quantitative estimate of drug-likeness (QED) is 0.550. The van der Waals surface area contributed by atoms with Gasteiger partial charge in [0.25, 0.3) is 0 Å². The standard InChI is InChI=1S/C11H21N/c1-4-6-7-9-11(3,10-12)8-5-2/h4-9H2,1-3H3. The van der Waals surface area contributed by atoms with Crippen molar-refractivity contribution in [3.63, 3.8) is 0 Å². The van der Waals surface area contributed by atoms with Crippen LogP contribution in [-0.2, 0) is 0 Å². The molecule has 0 amide bonds. The van der Waals surface area contributed by atoms with E-state index in [1.165, 1.54) is 19.3 Å². The largest absolute Gasteiger partial charge is 0.198 e. The van der Waals surface area contributed by atoms with Gasteiger partial charge in [0.05, 0.1) is 11.5 Å². The van der Waals surface area contributed by atoms with Crippen molar-refractivity contribution in [1.29, 1.82) is 5.26 Å². The molecule has 0 aromatic carbocycles. The summed E-state index contributed by atoms with van der Waals surface area (Å²) in [5, 5.41) is 8.97. The third-order valence-corrected chi connectivity index (χ3v) is 2.40. The van der Waals surface area contributed by atoms with E-state index < -0.39 is 0 Å². The summed E-state index contributed by atoms with van der Waals surface area (Å²) in [4.78, 5) is 0. The van der Waals surface area contributed by atoms with Crippen LogP contribution in [0.25, 0.3) is 0 Å². The summed E-state index contributed by atoms with van der Waals surface area (Å²) in [7, 11) is 0. The molecule has 0 N–H and O–H groups in total. The van der Waals surface area contributed by atoms with Crippen molar-refractivity contribution < 1.29 is 0 Å². The van der Waals surface area contributed by atoms with Crippen LogP contribution in [0, 0.1) is 16.7 Å². The van der Waals surface area contributed by atoms with Crippen LogP contribution in [-0.4, -0.2) is 0 Å². The van der Waals surface area contributed by atoms with E-state index in [0.717, 1.165) is 19.3 Å². The normalized spacial score (nSPS) is 15.2. The lowest BCUT2D eigenvalue weighted by molar-refractivity contribution is 0.353. The van der Waals surface area contributed by atoms with Gasteiger partial charge in [-0.15, -0.1) is 0 Å². The molecule has 0 saturated heterocycles. The van der Waals surface area contributed by atoms with Crippen LogP contribution in [0.2, 0.25) is 0 Å². The molecule has 0 saturated carbocycles. The van der Waals surface area contributed by atoms with Gasteiger partial charge in [0, 0.05) is 0 Å². The molecule has 0 bridgehead atoms. The van der Waals surface area contributed by atoms with Gasteiger partial charge in [-0.1, -0.05) is 39.5 Å². The molecule has 0 aromatic rings. The monoisotopic (exact) mass is 167 g/mol. The molecule has 0 rings (SSSR count). The average molecular weight is 167 g/mol. The minimum absolute atomic E-state index is 0.0517. The van der Waals surface area contributed by atoms with E-state index in [0.29, 0.717) is 0 Å². The Hall–Kier alpha value is -0.510. The fraction of sp³-hybridized carbons (Fsp3) is 0.909. The molecular formula is C11H21N. The Morgan fingerprint density at radius 3 is 2.17 bits per heavy atom. The third-order valence-electron chi connectivity index (χ3n) is 2.40. The minimum Gasteiger partial charge on any atom is -0.198 e. The van der Waals surface area contributed by atoms with Gasteiger partial charge in [0.2, 0.25) is 0 Å². The topological polar surface area (TPSA) is 23.8 Å². The van der Waals surface area contributed by atoms with Gasteiger partial charge in [0.1, 0.15) is 0 Å². The molecule has 1 unspecified atom stereocenters. The zero-order valence-corrected chi connectivity index (χ0v) is 8.69. The molecule has 1 atom stereocenters. The van der Waals surface area contributed by atoms with Crippen LogP contribution in [0.1, 0.15) is 59.3 Å². The van der Waals surface area contributed by atoms with Gasteiger partial charge in [-0.05, 0) is 19.8 Å². The maximum atomic E-state index is 8.97. The molecule has 0 aliphatic carbocycles. The van der Waals surface area contributed by atoms with Gasteiger partial charge < -0.3 is 0 Å². The van der Waals surface area contributed by atoms with Crippen molar-refractivity contribution >= 4 is 0 Å². The van der Waals surface area contributed by atoms with Crippen LogP contribution in [0.4, 0.5) is 0 Å². The Morgan fingerprint density at radius 1 is 1.08 bits per heavy atom. The molecule has 70 valence electrons. The highest BCUT2D eigenvalue weighted by Crippen LogP contribution is 2.28. The lowest BCUT2D eigenvalue weighted by Gasteiger charge is -2.19. The summed E-state index contributed by atoms with van der Waals surface area (Å²) in [6.07, 6.45) is 6.96. The SMILES string of the molecule is CCCCCC(C)(C#N)CCC. The van der Waals surface area contributed by atoms with Crippen LogP contribution < -0.4 is 0 Å². The predicted octanol–water partition coefficient (Wildman–Crippen LogP) is 3.90. The van der Waals surface area contributed by atoms with Crippen LogP contribution in [0.3, 0.4) is 0 Å². The predicted molar refractivity (Wildman–Crippen MR) is 52.8 cm³/mol. The molecule has 0 radical (unpaired) electrons. The van der Waals surface area contributed by atoms with Crippen molar-refractivity contribution in [3.05, 3.63) is 0 Å². The fourth-order valence-electron chi connectivity index (χ4n) is 1.55. The molecule has 0 aromatic heterocycles. The van der Waals surface area contributed by atoms with Crippen LogP contribution >= 0.6 is 0 Å². The Bertz CT molecular complexity index is 146. The summed E-state index contributed by atoms with van der Waals surface area (Å²) in [6, 6.07) is 2.44. The highest BCUT2D eigenvalue weighted by molar-refractivity contribution is 4.94. The van der Waals surface area contributed by atoms with Gasteiger partial charge >= 0.3 is 0 Å². The van der Waals surface area contributed by atoms with E-state index in [-0.39, 0.29) is 5.41 Å². The second kappa shape index (κ2) is 6.06. The highest BCUT2D eigenvalue weighted by Gasteiger charge is 2.21. The van der Waals surface area contributed by atoms with Gasteiger partial charge in [-0.2, -0.15) is 5.26 Å². The van der Waals surface area contributed by atoms with Crippen LogP contribution in [0.5, 0.6) is 0 Å². The zero-order chi connectivity index (χ0) is 9.45. The molecule has 1 heteroatoms. The van der Waals surface area contributed by atoms with Crippen molar-refractivity contribution in [2.45, 2.75) is 59.3 Å². The summed E-state index contributed by atoms with van der Waals surface area (Å²) < 4.78 is 0. The maximum absolute atomic E-state index is 8.97. The van der Waals surface area contributed by atoms with E-state index in [1.54, 1.807) is 0 Å². The first-order valence-corrected chi connectivity index (χ1v) is 5.09. The second-order valence-corrected chi connectivity index (χ2v) is 3.88. The summed E-state index contributed by atoms with van der Waals surface area (Å²) in [5.74, 6) is 0. The van der Waals surface area contributed by atoms with Gasteiger partial charge in [0.15, 0.2) is 0 Å². The zero-order valence-electron chi connectivity index (χ0n) is 8.69. The van der Waals surface area contributed by atoms with Crippen molar-refractivity contribution in [3.8, 4) is 6.07 Å². The van der Waals surface area contributed by atoms with E-state index in [4.69, 9.17) is 5.26 Å². The Balaban J connectivity index is 3.73. The molecule has 0 aliphatic heterocycles. The summed E-state index contributed by atoms with van der Waals surface area (Å²) in [6.45, 7) is 6.44. The number of hydrogen-bond acceptors (Lipinski definition) is 1. The number of rotatable bonds is 6. The van der Waals surface area contributed by atoms with Crippen molar-refractivity contribution in [2.75, 3.05) is 0 Å². The van der Waals surface area contributed by atoms with Crippen molar-refractivity contribution in [2.24, 2.45) is 5.41 Å². The molecule has 0 fully saturated rings. The van der Waals surface area contributed by atoms with Crippen molar-refractivity contribution in [1.82, 2.24) is 0 Å². The Kier molecular flexibility index (Phi) is 5.80. The molecule has 0 spiro atoms. The van der Waals surface area contributed by atoms with E-state index in [1.807, 2.05) is 0 Å².